The van der Waals surface area contributed by atoms with E-state index in [2.05, 4.69) is 30.7 Å². The predicted octanol–water partition coefficient (Wildman–Crippen LogP) is 1.67. The van der Waals surface area contributed by atoms with Crippen molar-refractivity contribution in [1.29, 1.82) is 0 Å². The molecule has 3 heteroatoms. The average molecular weight is 181 g/mol. The van der Waals surface area contributed by atoms with Crippen LogP contribution >= 0.6 is 0 Å². The molecule has 0 saturated carbocycles. The van der Waals surface area contributed by atoms with Crippen LogP contribution in [0.15, 0.2) is 6.20 Å². The first-order valence-electron chi connectivity index (χ1n) is 4.92. The lowest BCUT2D eigenvalue weighted by Gasteiger charge is -2.15. The number of hydrogen-bond donors (Lipinski definition) is 2. The quantitative estimate of drug-likeness (QED) is 0.742. The van der Waals surface area contributed by atoms with Crippen LogP contribution in [0, 0.1) is 5.92 Å². The highest BCUT2D eigenvalue weighted by molar-refractivity contribution is 5.06. The number of hydrogen-bond acceptors (Lipinski definition) is 2. The minimum Gasteiger partial charge on any atom is -0.346 e. The van der Waals surface area contributed by atoms with Gasteiger partial charge in [-0.15, -0.1) is 0 Å². The van der Waals surface area contributed by atoms with Crippen LogP contribution in [0.1, 0.15) is 38.2 Å². The molecule has 3 nitrogen and oxygen atoms in total. The highest BCUT2D eigenvalue weighted by Gasteiger charge is 2.16. The van der Waals surface area contributed by atoms with E-state index >= 15 is 0 Å². The molecule has 0 bridgehead atoms. The highest BCUT2D eigenvalue weighted by Crippen LogP contribution is 2.20. The molecule has 1 heterocycles. The highest BCUT2D eigenvalue weighted by atomic mass is 14.9. The maximum atomic E-state index is 5.70. The SMILES string of the molecule is CCc1cnc(C(CN)C(C)C)[nH]1. The second kappa shape index (κ2) is 4.42. The van der Waals surface area contributed by atoms with E-state index in [-0.39, 0.29) is 0 Å². The first kappa shape index (κ1) is 10.3. The predicted molar refractivity (Wildman–Crippen MR) is 54.6 cm³/mol. The van der Waals surface area contributed by atoms with Crippen molar-refractivity contribution in [3.05, 3.63) is 17.7 Å². The van der Waals surface area contributed by atoms with E-state index in [9.17, 15) is 0 Å². The van der Waals surface area contributed by atoms with Crippen LogP contribution < -0.4 is 5.73 Å². The molecule has 1 atom stereocenters. The van der Waals surface area contributed by atoms with E-state index in [1.54, 1.807) is 0 Å². The first-order valence-corrected chi connectivity index (χ1v) is 4.92. The number of imidazole rings is 1. The fraction of sp³-hybridized carbons (Fsp3) is 0.700. The molecule has 0 aliphatic heterocycles. The lowest BCUT2D eigenvalue weighted by Crippen LogP contribution is -2.19. The van der Waals surface area contributed by atoms with Gasteiger partial charge in [0.15, 0.2) is 0 Å². The van der Waals surface area contributed by atoms with E-state index in [0.29, 0.717) is 18.4 Å². The number of aryl methyl sites for hydroxylation is 1. The Morgan fingerprint density at radius 1 is 1.54 bits per heavy atom. The number of nitrogens with one attached hydrogen (secondary N) is 1. The zero-order valence-corrected chi connectivity index (χ0v) is 8.67. The molecule has 0 radical (unpaired) electrons. The number of aromatic amines is 1. The molecule has 13 heavy (non-hydrogen) atoms. The molecule has 0 aliphatic rings. The van der Waals surface area contributed by atoms with E-state index in [4.69, 9.17) is 5.73 Å². The van der Waals surface area contributed by atoms with Crippen molar-refractivity contribution < 1.29 is 0 Å². The normalized spacial score (nSPS) is 13.6. The Bertz CT molecular complexity index is 252. The molecular formula is C10H19N3. The van der Waals surface area contributed by atoms with Crippen molar-refractivity contribution in [2.75, 3.05) is 6.54 Å². The monoisotopic (exact) mass is 181 g/mol. The zero-order chi connectivity index (χ0) is 9.84. The van der Waals surface area contributed by atoms with E-state index in [1.165, 1.54) is 5.69 Å². The minimum atomic E-state index is 0.361. The zero-order valence-electron chi connectivity index (χ0n) is 8.67. The molecule has 1 rings (SSSR count). The van der Waals surface area contributed by atoms with Crippen molar-refractivity contribution in [2.24, 2.45) is 11.7 Å². The third-order valence-corrected chi connectivity index (χ3v) is 2.44. The van der Waals surface area contributed by atoms with Gasteiger partial charge in [-0.1, -0.05) is 20.8 Å². The molecule has 0 spiro atoms. The van der Waals surface area contributed by atoms with Crippen molar-refractivity contribution in [3.8, 4) is 0 Å². The molecule has 74 valence electrons. The maximum absolute atomic E-state index is 5.70. The number of nitrogens with two attached hydrogens (primary N) is 1. The number of rotatable bonds is 4. The van der Waals surface area contributed by atoms with Gasteiger partial charge in [-0.25, -0.2) is 4.98 Å². The smallest absolute Gasteiger partial charge is 0.110 e. The Hall–Kier alpha value is -0.830. The van der Waals surface area contributed by atoms with Crippen LogP contribution in [-0.4, -0.2) is 16.5 Å². The molecule has 1 aromatic heterocycles. The summed E-state index contributed by atoms with van der Waals surface area (Å²) in [5.41, 5.74) is 6.89. The van der Waals surface area contributed by atoms with E-state index in [0.717, 1.165) is 12.2 Å². The van der Waals surface area contributed by atoms with Gasteiger partial charge >= 0.3 is 0 Å². The van der Waals surface area contributed by atoms with Crippen LogP contribution in [0.25, 0.3) is 0 Å². The first-order chi connectivity index (χ1) is 6.19. The fourth-order valence-corrected chi connectivity index (χ4v) is 1.44. The second-order valence-electron chi connectivity index (χ2n) is 3.73. The van der Waals surface area contributed by atoms with Crippen LogP contribution in [0.4, 0.5) is 0 Å². The summed E-state index contributed by atoms with van der Waals surface area (Å²) in [5.74, 6) is 1.94. The maximum Gasteiger partial charge on any atom is 0.110 e. The van der Waals surface area contributed by atoms with Gasteiger partial charge in [0.1, 0.15) is 5.82 Å². The lowest BCUT2D eigenvalue weighted by atomic mass is 9.95. The van der Waals surface area contributed by atoms with Gasteiger partial charge in [0.2, 0.25) is 0 Å². The van der Waals surface area contributed by atoms with Crippen molar-refractivity contribution in [2.45, 2.75) is 33.1 Å². The molecular weight excluding hydrogens is 162 g/mol. The number of aromatic nitrogens is 2. The Balaban J connectivity index is 2.79. The van der Waals surface area contributed by atoms with Gasteiger partial charge in [0.25, 0.3) is 0 Å². The Kier molecular flexibility index (Phi) is 3.48. The Morgan fingerprint density at radius 3 is 2.62 bits per heavy atom. The lowest BCUT2D eigenvalue weighted by molar-refractivity contribution is 0.486. The molecule has 1 unspecified atom stereocenters. The van der Waals surface area contributed by atoms with Crippen LogP contribution in [-0.2, 0) is 6.42 Å². The number of nitrogens with zero attached hydrogens (tertiary/aromatic N) is 1. The van der Waals surface area contributed by atoms with E-state index < -0.39 is 0 Å². The van der Waals surface area contributed by atoms with E-state index in [1.807, 2.05) is 6.20 Å². The van der Waals surface area contributed by atoms with Gasteiger partial charge < -0.3 is 10.7 Å². The van der Waals surface area contributed by atoms with Crippen LogP contribution in [0.2, 0.25) is 0 Å². The van der Waals surface area contributed by atoms with Crippen molar-refractivity contribution in [3.63, 3.8) is 0 Å². The Labute approximate surface area is 79.8 Å². The van der Waals surface area contributed by atoms with Crippen LogP contribution in [0.5, 0.6) is 0 Å². The van der Waals surface area contributed by atoms with Gasteiger partial charge in [0, 0.05) is 24.4 Å². The van der Waals surface area contributed by atoms with Gasteiger partial charge in [-0.2, -0.15) is 0 Å². The Morgan fingerprint density at radius 2 is 2.23 bits per heavy atom. The molecule has 0 aromatic carbocycles. The summed E-state index contributed by atoms with van der Waals surface area (Å²) in [6.07, 6.45) is 2.91. The summed E-state index contributed by atoms with van der Waals surface area (Å²) < 4.78 is 0. The molecule has 0 aliphatic carbocycles. The topological polar surface area (TPSA) is 54.7 Å². The average Bonchev–Trinajstić information content (AvgIpc) is 2.53. The third kappa shape index (κ3) is 2.31. The molecule has 0 amide bonds. The van der Waals surface area contributed by atoms with Crippen molar-refractivity contribution >= 4 is 0 Å². The molecule has 0 saturated heterocycles. The summed E-state index contributed by atoms with van der Waals surface area (Å²) in [4.78, 5) is 7.65. The molecule has 3 N–H and O–H groups in total. The third-order valence-electron chi connectivity index (χ3n) is 2.44. The summed E-state index contributed by atoms with van der Waals surface area (Å²) in [7, 11) is 0. The molecule has 0 fully saturated rings. The van der Waals surface area contributed by atoms with Gasteiger partial charge in [-0.05, 0) is 12.3 Å². The summed E-state index contributed by atoms with van der Waals surface area (Å²) in [6, 6.07) is 0. The van der Waals surface area contributed by atoms with Gasteiger partial charge in [-0.3, -0.25) is 0 Å². The minimum absolute atomic E-state index is 0.361. The summed E-state index contributed by atoms with van der Waals surface area (Å²) in [5, 5.41) is 0. The standard InChI is InChI=1S/C10H19N3/c1-4-8-6-12-10(13-8)9(5-11)7(2)3/h6-7,9H,4-5,11H2,1-3H3,(H,12,13). The summed E-state index contributed by atoms with van der Waals surface area (Å²) >= 11 is 0. The van der Waals surface area contributed by atoms with Gasteiger partial charge in [0.05, 0.1) is 0 Å². The van der Waals surface area contributed by atoms with Crippen LogP contribution in [0.3, 0.4) is 0 Å². The largest absolute Gasteiger partial charge is 0.346 e. The van der Waals surface area contributed by atoms with Crippen molar-refractivity contribution in [1.82, 2.24) is 9.97 Å². The number of H-pyrrole nitrogens is 1. The summed E-state index contributed by atoms with van der Waals surface area (Å²) in [6.45, 7) is 7.12. The fourth-order valence-electron chi connectivity index (χ4n) is 1.44. The molecule has 1 aromatic rings. The second-order valence-corrected chi connectivity index (χ2v) is 3.73.